The summed E-state index contributed by atoms with van der Waals surface area (Å²) in [5.74, 6) is -5.55. The van der Waals surface area contributed by atoms with Crippen molar-refractivity contribution in [1.29, 1.82) is 0 Å². The highest BCUT2D eigenvalue weighted by Gasteiger charge is 2.56. The van der Waals surface area contributed by atoms with E-state index in [4.69, 9.17) is 42.3 Å². The molecule has 0 spiro atoms. The summed E-state index contributed by atoms with van der Waals surface area (Å²) >= 11 is 0. The Hall–Kier alpha value is -4.50. The predicted molar refractivity (Wildman–Crippen MR) is 146 cm³/mol. The Labute approximate surface area is 257 Å². The molecule has 15 heteroatoms. The van der Waals surface area contributed by atoms with Crippen molar-refractivity contribution in [2.45, 2.75) is 71.1 Å². The van der Waals surface area contributed by atoms with E-state index < -0.39 is 91.2 Å². The number of furan rings is 1. The highest BCUT2D eigenvalue weighted by atomic mass is 16.8. The summed E-state index contributed by atoms with van der Waals surface area (Å²) in [7, 11) is 1.20. The smallest absolute Gasteiger partial charge is 0.337 e. The third kappa shape index (κ3) is 7.97. The lowest BCUT2D eigenvalue weighted by Crippen LogP contribution is -2.63. The fourth-order valence-electron chi connectivity index (χ4n) is 5.58. The van der Waals surface area contributed by atoms with Crippen LogP contribution in [0.25, 0.3) is 6.08 Å². The number of ketones is 1. The number of fused-ring (bicyclic) bond motifs is 1. The summed E-state index contributed by atoms with van der Waals surface area (Å²) in [6.07, 6.45) is -3.44. The summed E-state index contributed by atoms with van der Waals surface area (Å²) < 4.78 is 49.7. The van der Waals surface area contributed by atoms with Gasteiger partial charge in [-0.1, -0.05) is 6.92 Å². The van der Waals surface area contributed by atoms with Crippen LogP contribution in [0.4, 0.5) is 0 Å². The van der Waals surface area contributed by atoms with E-state index in [0.29, 0.717) is 5.76 Å². The Kier molecular flexibility index (Phi) is 10.8. The molecule has 0 aromatic carbocycles. The van der Waals surface area contributed by atoms with E-state index in [1.54, 1.807) is 19.1 Å². The van der Waals surface area contributed by atoms with Gasteiger partial charge < -0.3 is 42.3 Å². The molecular weight excluding hydrogens is 600 g/mol. The Morgan fingerprint density at radius 1 is 0.956 bits per heavy atom. The molecule has 1 aromatic rings. The lowest BCUT2D eigenvalue weighted by molar-refractivity contribution is -0.344. The summed E-state index contributed by atoms with van der Waals surface area (Å²) in [5.41, 5.74) is 0.154. The van der Waals surface area contributed by atoms with Crippen molar-refractivity contribution < 1.29 is 71.1 Å². The first-order valence-electron chi connectivity index (χ1n) is 14.1. The molecule has 4 rings (SSSR count). The average molecular weight is 635 g/mol. The molecule has 0 amide bonds. The zero-order valence-corrected chi connectivity index (χ0v) is 25.2. The number of Topliss-reactive ketones (excluding diaryl/α,β-unsaturated/α-hetero) is 1. The third-order valence-corrected chi connectivity index (χ3v) is 7.52. The fraction of sp³-hybridized carbons (Fsp3) is 0.533. The Morgan fingerprint density at radius 3 is 2.24 bits per heavy atom. The second-order valence-corrected chi connectivity index (χ2v) is 10.6. The summed E-state index contributed by atoms with van der Waals surface area (Å²) in [6, 6.07) is 3.25. The molecule has 1 aliphatic carbocycles. The second-order valence-electron chi connectivity index (χ2n) is 10.6. The van der Waals surface area contributed by atoms with Gasteiger partial charge in [0.2, 0.25) is 12.6 Å². The Morgan fingerprint density at radius 2 is 1.62 bits per heavy atom. The third-order valence-electron chi connectivity index (χ3n) is 7.52. The molecule has 3 aliphatic rings. The molecule has 0 radical (unpaired) electrons. The van der Waals surface area contributed by atoms with E-state index in [1.807, 2.05) is 0 Å². The van der Waals surface area contributed by atoms with E-state index in [1.165, 1.54) is 19.4 Å². The number of hydrogen-bond acceptors (Lipinski definition) is 15. The highest BCUT2D eigenvalue weighted by molar-refractivity contribution is 5.93. The monoisotopic (exact) mass is 634 g/mol. The van der Waals surface area contributed by atoms with Gasteiger partial charge in [0.05, 0.1) is 25.2 Å². The van der Waals surface area contributed by atoms with Crippen LogP contribution in [0.15, 0.2) is 40.7 Å². The second kappa shape index (κ2) is 14.5. The van der Waals surface area contributed by atoms with Crippen LogP contribution >= 0.6 is 0 Å². The zero-order chi connectivity index (χ0) is 32.8. The molecule has 1 saturated heterocycles. The number of hydrogen-bond donors (Lipinski definition) is 0. The summed E-state index contributed by atoms with van der Waals surface area (Å²) in [6.45, 7) is 4.42. The molecule has 45 heavy (non-hydrogen) atoms. The van der Waals surface area contributed by atoms with Gasteiger partial charge in [0.15, 0.2) is 18.3 Å². The first-order valence-corrected chi connectivity index (χ1v) is 14.1. The van der Waals surface area contributed by atoms with E-state index in [2.05, 4.69) is 0 Å². The predicted octanol–water partition coefficient (Wildman–Crippen LogP) is 1.63. The molecule has 1 aromatic heterocycles. The Bertz CT molecular complexity index is 1340. The molecule has 15 nitrogen and oxygen atoms in total. The van der Waals surface area contributed by atoms with Crippen LogP contribution < -0.4 is 0 Å². The van der Waals surface area contributed by atoms with Crippen molar-refractivity contribution in [3.8, 4) is 0 Å². The fourth-order valence-corrected chi connectivity index (χ4v) is 5.58. The molecular formula is C30H34O15. The van der Waals surface area contributed by atoms with E-state index in [0.717, 1.165) is 33.1 Å². The molecule has 244 valence electrons. The van der Waals surface area contributed by atoms with Crippen molar-refractivity contribution in [3.63, 3.8) is 0 Å². The van der Waals surface area contributed by atoms with Crippen LogP contribution in [0.5, 0.6) is 0 Å². The van der Waals surface area contributed by atoms with Gasteiger partial charge in [-0.2, -0.15) is 0 Å². The van der Waals surface area contributed by atoms with Crippen molar-refractivity contribution in [2.24, 2.45) is 17.8 Å². The first kappa shape index (κ1) is 33.4. The van der Waals surface area contributed by atoms with Gasteiger partial charge in [-0.05, 0) is 18.2 Å². The van der Waals surface area contributed by atoms with Crippen LogP contribution in [0.3, 0.4) is 0 Å². The van der Waals surface area contributed by atoms with Gasteiger partial charge in [0.1, 0.15) is 24.3 Å². The van der Waals surface area contributed by atoms with Crippen molar-refractivity contribution in [2.75, 3.05) is 13.7 Å². The molecule has 2 aliphatic heterocycles. The van der Waals surface area contributed by atoms with Crippen molar-refractivity contribution in [3.05, 3.63) is 42.1 Å². The largest absolute Gasteiger partial charge is 0.472 e. The number of ether oxygens (including phenoxy) is 8. The van der Waals surface area contributed by atoms with Crippen LogP contribution in [0.1, 0.15) is 39.9 Å². The van der Waals surface area contributed by atoms with E-state index in [9.17, 15) is 28.8 Å². The molecule has 0 bridgehead atoms. The maximum atomic E-state index is 12.7. The van der Waals surface area contributed by atoms with Gasteiger partial charge in [0, 0.05) is 51.0 Å². The highest BCUT2D eigenvalue weighted by Crippen LogP contribution is 2.46. The molecule has 3 heterocycles. The topological polar surface area (TPSA) is 189 Å². The molecule has 0 unspecified atom stereocenters. The summed E-state index contributed by atoms with van der Waals surface area (Å²) in [4.78, 5) is 74.1. The quantitative estimate of drug-likeness (QED) is 0.205. The number of methoxy groups -OCH3 is 1. The van der Waals surface area contributed by atoms with Gasteiger partial charge in [0.25, 0.3) is 0 Å². The number of esters is 5. The van der Waals surface area contributed by atoms with E-state index >= 15 is 0 Å². The number of carbonyl (C=O) groups excluding carboxylic acids is 6. The van der Waals surface area contributed by atoms with Crippen LogP contribution in [-0.2, 0) is 66.7 Å². The standard InChI is InChI=1S/C30H34O15/c1-14-21(34)11-19-20(28(36)37-5)12-40-29(24(14)19)45-30-27(43-17(4)33)26(42-16(3)32)25(41-15(2)31)22(44-30)13-39-23(35)9-8-18-7-6-10-38-18/h6-10,12,14,19,22,24-27,29-30H,11,13H2,1-5H3/b9-8+/t14-,19+,22+,24+,25+,26-,27+,29-,30-/m0/s1. The van der Waals surface area contributed by atoms with Crippen LogP contribution in [-0.4, -0.2) is 86.3 Å². The average Bonchev–Trinajstić information content (AvgIpc) is 3.61. The van der Waals surface area contributed by atoms with E-state index in [-0.39, 0.29) is 17.8 Å². The van der Waals surface area contributed by atoms with Crippen molar-refractivity contribution >= 4 is 41.7 Å². The maximum Gasteiger partial charge on any atom is 0.337 e. The molecule has 2 fully saturated rings. The lowest BCUT2D eigenvalue weighted by atomic mass is 9.83. The molecule has 0 N–H and O–H groups in total. The normalized spacial score (nSPS) is 30.8. The van der Waals surface area contributed by atoms with Gasteiger partial charge in [-0.3, -0.25) is 19.2 Å². The maximum absolute atomic E-state index is 12.7. The minimum Gasteiger partial charge on any atom is -0.472 e. The number of carbonyl (C=O) groups is 6. The Balaban J connectivity index is 1.64. The van der Waals surface area contributed by atoms with Crippen LogP contribution in [0, 0.1) is 17.8 Å². The lowest BCUT2D eigenvalue weighted by Gasteiger charge is -2.45. The van der Waals surface area contributed by atoms with Gasteiger partial charge in [-0.15, -0.1) is 0 Å². The van der Waals surface area contributed by atoms with Gasteiger partial charge >= 0.3 is 29.8 Å². The summed E-state index contributed by atoms with van der Waals surface area (Å²) in [5, 5.41) is 0. The molecule has 9 atom stereocenters. The minimum atomic E-state index is -1.56. The molecule has 1 saturated carbocycles. The zero-order valence-electron chi connectivity index (χ0n) is 25.2. The first-order chi connectivity index (χ1) is 21.4. The minimum absolute atomic E-state index is 0.0313. The van der Waals surface area contributed by atoms with Crippen molar-refractivity contribution in [1.82, 2.24) is 0 Å². The number of rotatable bonds is 10. The SMILES string of the molecule is COC(=O)C1=CO[C@@H](O[C@@H]2O[C@H](COC(=O)/C=C/c3ccco3)[C@@H](OC(C)=O)[C@H](OC(C)=O)[C@H]2OC(C)=O)[C@H]2[C@@H]1CC(=O)[C@@H]2C. The van der Waals surface area contributed by atoms with Crippen LogP contribution in [0.2, 0.25) is 0 Å². The van der Waals surface area contributed by atoms with Gasteiger partial charge in [-0.25, -0.2) is 9.59 Å².